The smallest absolute Gasteiger partial charge is 0.257 e. The van der Waals surface area contributed by atoms with Crippen molar-refractivity contribution in [3.05, 3.63) is 71.2 Å². The number of rotatable bonds is 7. The van der Waals surface area contributed by atoms with Gasteiger partial charge in [0, 0.05) is 28.7 Å². The molecule has 148 valence electrons. The molecule has 3 N–H and O–H groups in total. The highest BCUT2D eigenvalue weighted by molar-refractivity contribution is 7.14. The van der Waals surface area contributed by atoms with Gasteiger partial charge in [-0.1, -0.05) is 31.2 Å². The summed E-state index contributed by atoms with van der Waals surface area (Å²) in [5.41, 5.74) is 2.30. The van der Waals surface area contributed by atoms with Crippen molar-refractivity contribution in [1.29, 1.82) is 0 Å². The molecule has 0 saturated carbocycles. The molecule has 2 aromatic carbocycles. The molecule has 7 nitrogen and oxygen atoms in total. The third-order valence-electron chi connectivity index (χ3n) is 3.90. The second-order valence-electron chi connectivity index (χ2n) is 6.17. The predicted molar refractivity (Wildman–Crippen MR) is 114 cm³/mol. The lowest BCUT2D eigenvalue weighted by Crippen LogP contribution is -2.15. The maximum atomic E-state index is 12.3. The van der Waals surface area contributed by atoms with Gasteiger partial charge in [-0.25, -0.2) is 4.98 Å². The van der Waals surface area contributed by atoms with E-state index in [9.17, 15) is 14.4 Å². The summed E-state index contributed by atoms with van der Waals surface area (Å²) in [6.07, 6.45) is 0.451. The number of hydrogen-bond donors (Lipinski definition) is 3. The maximum Gasteiger partial charge on any atom is 0.257 e. The Morgan fingerprint density at radius 2 is 1.59 bits per heavy atom. The number of carbonyl (C=O) groups excluding carboxylic acids is 3. The van der Waals surface area contributed by atoms with E-state index in [1.807, 2.05) is 6.07 Å². The van der Waals surface area contributed by atoms with Gasteiger partial charge in [0.25, 0.3) is 5.91 Å². The van der Waals surface area contributed by atoms with Crippen LogP contribution < -0.4 is 16.0 Å². The first kappa shape index (κ1) is 20.2. The number of thiazole rings is 1. The monoisotopic (exact) mass is 408 g/mol. The van der Waals surface area contributed by atoms with Gasteiger partial charge >= 0.3 is 0 Å². The molecule has 0 saturated heterocycles. The summed E-state index contributed by atoms with van der Waals surface area (Å²) in [7, 11) is 0. The van der Waals surface area contributed by atoms with Gasteiger partial charge in [0.2, 0.25) is 11.8 Å². The van der Waals surface area contributed by atoms with Crippen molar-refractivity contribution in [1.82, 2.24) is 4.98 Å². The second-order valence-corrected chi connectivity index (χ2v) is 7.03. The van der Waals surface area contributed by atoms with Gasteiger partial charge < -0.3 is 10.6 Å². The van der Waals surface area contributed by atoms with E-state index in [-0.39, 0.29) is 24.1 Å². The SMILES string of the molecule is CCC(=O)Nc1cccc(NC(=O)Cc2csc(NC(=O)c3ccccc3)n2)c1. The molecule has 0 bridgehead atoms. The predicted octanol–water partition coefficient (Wildman–Crippen LogP) is 3.93. The van der Waals surface area contributed by atoms with Crippen molar-refractivity contribution >= 4 is 45.6 Å². The molecule has 0 aliphatic heterocycles. The number of anilines is 3. The summed E-state index contributed by atoms with van der Waals surface area (Å²) in [5.74, 6) is -0.585. The second kappa shape index (κ2) is 9.61. The van der Waals surface area contributed by atoms with Crippen molar-refractivity contribution in [3.8, 4) is 0 Å². The normalized spacial score (nSPS) is 10.2. The molecular weight excluding hydrogens is 388 g/mol. The van der Waals surface area contributed by atoms with Gasteiger partial charge in [0.1, 0.15) is 0 Å². The quantitative estimate of drug-likeness (QED) is 0.551. The molecule has 29 heavy (non-hydrogen) atoms. The van der Waals surface area contributed by atoms with E-state index in [4.69, 9.17) is 0 Å². The maximum absolute atomic E-state index is 12.3. The average Bonchev–Trinajstić information content (AvgIpc) is 3.15. The summed E-state index contributed by atoms with van der Waals surface area (Å²) in [4.78, 5) is 40.3. The van der Waals surface area contributed by atoms with E-state index in [0.29, 0.717) is 34.2 Å². The molecule has 0 aliphatic carbocycles. The van der Waals surface area contributed by atoms with E-state index < -0.39 is 0 Å². The van der Waals surface area contributed by atoms with Gasteiger partial charge in [0.15, 0.2) is 5.13 Å². The van der Waals surface area contributed by atoms with Crippen LogP contribution in [0.2, 0.25) is 0 Å². The third kappa shape index (κ3) is 5.98. The van der Waals surface area contributed by atoms with Gasteiger partial charge in [0.05, 0.1) is 12.1 Å². The van der Waals surface area contributed by atoms with Crippen LogP contribution in [0.4, 0.5) is 16.5 Å². The Hall–Kier alpha value is -3.52. The fourth-order valence-corrected chi connectivity index (χ4v) is 3.20. The highest BCUT2D eigenvalue weighted by Gasteiger charge is 2.11. The van der Waals surface area contributed by atoms with E-state index in [1.54, 1.807) is 60.8 Å². The molecule has 0 spiro atoms. The van der Waals surface area contributed by atoms with Crippen molar-refractivity contribution in [3.63, 3.8) is 0 Å². The Labute approximate surface area is 172 Å². The molecule has 0 fully saturated rings. The molecule has 0 atom stereocenters. The molecule has 8 heteroatoms. The minimum atomic E-state index is -0.248. The zero-order valence-corrected chi connectivity index (χ0v) is 16.6. The molecule has 1 aromatic heterocycles. The number of carbonyl (C=O) groups is 3. The molecule has 0 radical (unpaired) electrons. The molecule has 0 unspecified atom stereocenters. The van der Waals surface area contributed by atoms with Crippen LogP contribution in [0, 0.1) is 0 Å². The summed E-state index contributed by atoms with van der Waals surface area (Å²) < 4.78 is 0. The highest BCUT2D eigenvalue weighted by Crippen LogP contribution is 2.19. The Bertz CT molecular complexity index is 1020. The van der Waals surface area contributed by atoms with E-state index in [0.717, 1.165) is 0 Å². The first-order chi connectivity index (χ1) is 14.0. The summed E-state index contributed by atoms with van der Waals surface area (Å²) in [5, 5.41) is 10.4. The van der Waals surface area contributed by atoms with Crippen molar-refractivity contribution in [2.45, 2.75) is 19.8 Å². The van der Waals surface area contributed by atoms with E-state index in [2.05, 4.69) is 20.9 Å². The third-order valence-corrected chi connectivity index (χ3v) is 4.71. The van der Waals surface area contributed by atoms with E-state index in [1.165, 1.54) is 11.3 Å². The van der Waals surface area contributed by atoms with Crippen molar-refractivity contribution < 1.29 is 14.4 Å². The van der Waals surface area contributed by atoms with E-state index >= 15 is 0 Å². The van der Waals surface area contributed by atoms with Crippen LogP contribution in [0.1, 0.15) is 29.4 Å². The zero-order valence-electron chi connectivity index (χ0n) is 15.8. The average molecular weight is 408 g/mol. The van der Waals surface area contributed by atoms with Crippen LogP contribution in [-0.2, 0) is 16.0 Å². The molecule has 3 amide bonds. The number of benzene rings is 2. The van der Waals surface area contributed by atoms with Crippen LogP contribution in [0.5, 0.6) is 0 Å². The lowest BCUT2D eigenvalue weighted by Gasteiger charge is -2.08. The number of nitrogens with one attached hydrogen (secondary N) is 3. The summed E-state index contributed by atoms with van der Waals surface area (Å²) >= 11 is 1.26. The first-order valence-electron chi connectivity index (χ1n) is 9.04. The van der Waals surface area contributed by atoms with Crippen LogP contribution in [0.3, 0.4) is 0 Å². The zero-order chi connectivity index (χ0) is 20.6. The molecule has 0 aliphatic rings. The Morgan fingerprint density at radius 3 is 2.28 bits per heavy atom. The number of aromatic nitrogens is 1. The number of hydrogen-bond acceptors (Lipinski definition) is 5. The van der Waals surface area contributed by atoms with Crippen molar-refractivity contribution in [2.75, 3.05) is 16.0 Å². The Morgan fingerprint density at radius 1 is 0.897 bits per heavy atom. The van der Waals surface area contributed by atoms with Gasteiger partial charge in [-0.2, -0.15) is 0 Å². The van der Waals surface area contributed by atoms with Crippen LogP contribution in [0.25, 0.3) is 0 Å². The highest BCUT2D eigenvalue weighted by atomic mass is 32.1. The van der Waals surface area contributed by atoms with Crippen LogP contribution >= 0.6 is 11.3 Å². The molecular formula is C21H20N4O3S. The summed E-state index contributed by atoms with van der Waals surface area (Å²) in [6.45, 7) is 1.77. The topological polar surface area (TPSA) is 100 Å². The lowest BCUT2D eigenvalue weighted by molar-refractivity contribution is -0.116. The van der Waals surface area contributed by atoms with Gasteiger partial charge in [-0.15, -0.1) is 11.3 Å². The molecule has 3 rings (SSSR count). The van der Waals surface area contributed by atoms with Crippen LogP contribution in [0.15, 0.2) is 60.0 Å². The minimum Gasteiger partial charge on any atom is -0.326 e. The fourth-order valence-electron chi connectivity index (χ4n) is 2.50. The standard InChI is InChI=1S/C21H20N4O3S/c1-2-18(26)22-15-9-6-10-16(11-15)23-19(27)12-17-13-29-21(24-17)25-20(28)14-7-4-3-5-8-14/h3-11,13H,2,12H2,1H3,(H,22,26)(H,23,27)(H,24,25,28). The first-order valence-corrected chi connectivity index (χ1v) is 9.92. The largest absolute Gasteiger partial charge is 0.326 e. The summed E-state index contributed by atoms with van der Waals surface area (Å²) in [6, 6.07) is 15.8. The number of amides is 3. The Kier molecular flexibility index (Phi) is 6.70. The lowest BCUT2D eigenvalue weighted by atomic mass is 10.2. The minimum absolute atomic E-state index is 0.0727. The van der Waals surface area contributed by atoms with Crippen molar-refractivity contribution in [2.24, 2.45) is 0 Å². The van der Waals surface area contributed by atoms with Gasteiger partial charge in [-0.05, 0) is 30.3 Å². The Balaban J connectivity index is 1.56. The molecule has 3 aromatic rings. The molecule has 1 heterocycles. The number of nitrogens with zero attached hydrogens (tertiary/aromatic N) is 1. The van der Waals surface area contributed by atoms with Crippen LogP contribution in [-0.4, -0.2) is 22.7 Å². The fraction of sp³-hybridized carbons (Fsp3) is 0.143. The van der Waals surface area contributed by atoms with Gasteiger partial charge in [-0.3, -0.25) is 19.7 Å².